The highest BCUT2D eigenvalue weighted by atomic mass is 32.2. The number of nitrogens with two attached hydrogens (primary N) is 1. The minimum Gasteiger partial charge on any atom is -0.382 e. The highest BCUT2D eigenvalue weighted by Crippen LogP contribution is 2.28. The van der Waals surface area contributed by atoms with Crippen LogP contribution in [0.4, 0.5) is 14.6 Å². The first kappa shape index (κ1) is 21.1. The number of sulfone groups is 1. The molecular weight excluding hydrogens is 402 g/mol. The predicted molar refractivity (Wildman–Crippen MR) is 105 cm³/mol. The van der Waals surface area contributed by atoms with Crippen molar-refractivity contribution in [1.29, 1.82) is 0 Å². The third-order valence-corrected chi connectivity index (χ3v) is 6.58. The molecule has 1 atom stereocenters. The van der Waals surface area contributed by atoms with E-state index >= 15 is 0 Å². The molecule has 2 aromatic heterocycles. The van der Waals surface area contributed by atoms with Gasteiger partial charge >= 0.3 is 0 Å². The number of hydrogen-bond acceptors (Lipinski definition) is 6. The van der Waals surface area contributed by atoms with E-state index in [1.807, 2.05) is 18.4 Å². The molecule has 10 heteroatoms. The molecule has 2 heterocycles. The standard InChI is InChI=1S/C19H22F2N4O3S/c1-11-10-23-18(22)16-17(11)25(19(24-16)12(2)28-3)7-4-8-29(26,27)15-6-5-13(20)9-14(15)21/h5-6,9-10,12H,4,7-8H2,1-3H3,(H2,22,23). The average molecular weight is 424 g/mol. The molecule has 3 rings (SSSR count). The summed E-state index contributed by atoms with van der Waals surface area (Å²) in [7, 11) is -2.37. The summed E-state index contributed by atoms with van der Waals surface area (Å²) in [6.07, 6.45) is 1.46. The summed E-state index contributed by atoms with van der Waals surface area (Å²) < 4.78 is 59.2. The minimum absolute atomic E-state index is 0.190. The Morgan fingerprint density at radius 1 is 1.31 bits per heavy atom. The monoisotopic (exact) mass is 424 g/mol. The molecule has 0 aliphatic carbocycles. The molecule has 0 spiro atoms. The Bertz CT molecular complexity index is 1160. The van der Waals surface area contributed by atoms with Gasteiger partial charge in [-0.1, -0.05) is 0 Å². The van der Waals surface area contributed by atoms with Crippen LogP contribution in [0.2, 0.25) is 0 Å². The number of benzene rings is 1. The summed E-state index contributed by atoms with van der Waals surface area (Å²) >= 11 is 0. The first-order valence-corrected chi connectivity index (χ1v) is 10.6. The largest absolute Gasteiger partial charge is 0.382 e. The molecule has 0 saturated carbocycles. The second-order valence-electron chi connectivity index (χ2n) is 6.77. The lowest BCUT2D eigenvalue weighted by atomic mass is 10.2. The van der Waals surface area contributed by atoms with Gasteiger partial charge < -0.3 is 15.0 Å². The van der Waals surface area contributed by atoms with Crippen LogP contribution in [0.1, 0.15) is 30.8 Å². The van der Waals surface area contributed by atoms with Crippen LogP contribution in [0, 0.1) is 18.6 Å². The Morgan fingerprint density at radius 2 is 2.03 bits per heavy atom. The summed E-state index contributed by atoms with van der Waals surface area (Å²) in [6.45, 7) is 3.98. The van der Waals surface area contributed by atoms with Gasteiger partial charge in [-0.2, -0.15) is 0 Å². The van der Waals surface area contributed by atoms with Crippen molar-refractivity contribution in [3.05, 3.63) is 47.4 Å². The molecule has 156 valence electrons. The Hall–Kier alpha value is -2.59. The summed E-state index contributed by atoms with van der Waals surface area (Å²) in [4.78, 5) is 8.15. The van der Waals surface area contributed by atoms with Crippen LogP contribution in [0.15, 0.2) is 29.3 Å². The molecule has 3 aromatic rings. The maximum atomic E-state index is 13.9. The number of halogens is 2. The van der Waals surface area contributed by atoms with Crippen molar-refractivity contribution in [3.63, 3.8) is 0 Å². The first-order valence-electron chi connectivity index (χ1n) is 8.97. The van der Waals surface area contributed by atoms with E-state index in [2.05, 4.69) is 9.97 Å². The highest BCUT2D eigenvalue weighted by Gasteiger charge is 2.22. The van der Waals surface area contributed by atoms with Crippen LogP contribution in [0.3, 0.4) is 0 Å². The van der Waals surface area contributed by atoms with Gasteiger partial charge in [0.1, 0.15) is 34.0 Å². The molecule has 7 nitrogen and oxygen atoms in total. The van der Waals surface area contributed by atoms with E-state index in [0.29, 0.717) is 24.0 Å². The van der Waals surface area contributed by atoms with Crippen LogP contribution in [-0.4, -0.2) is 35.8 Å². The number of rotatable bonds is 7. The second kappa shape index (κ2) is 8.03. The summed E-state index contributed by atoms with van der Waals surface area (Å²) in [5, 5.41) is 0. The van der Waals surface area contributed by atoms with Gasteiger partial charge in [0.2, 0.25) is 0 Å². The maximum Gasteiger partial charge on any atom is 0.181 e. The van der Waals surface area contributed by atoms with E-state index in [0.717, 1.165) is 23.2 Å². The zero-order valence-electron chi connectivity index (χ0n) is 16.3. The fourth-order valence-corrected chi connectivity index (χ4v) is 4.59. The number of pyridine rings is 1. The van der Waals surface area contributed by atoms with Crippen LogP contribution >= 0.6 is 0 Å². The Balaban J connectivity index is 1.91. The lowest BCUT2D eigenvalue weighted by Gasteiger charge is -2.14. The van der Waals surface area contributed by atoms with Crippen molar-refractivity contribution in [2.45, 2.75) is 37.8 Å². The zero-order chi connectivity index (χ0) is 21.3. The number of aromatic nitrogens is 3. The smallest absolute Gasteiger partial charge is 0.181 e. The van der Waals surface area contributed by atoms with Crippen molar-refractivity contribution in [3.8, 4) is 0 Å². The molecule has 0 fully saturated rings. The van der Waals surface area contributed by atoms with Crippen LogP contribution in [-0.2, 0) is 21.1 Å². The lowest BCUT2D eigenvalue weighted by molar-refractivity contribution is 0.109. The van der Waals surface area contributed by atoms with Gasteiger partial charge in [0.15, 0.2) is 15.7 Å². The maximum absolute atomic E-state index is 13.9. The molecule has 0 aliphatic rings. The summed E-state index contributed by atoms with van der Waals surface area (Å²) in [5.74, 6) is -1.37. The van der Waals surface area contributed by atoms with Crippen molar-refractivity contribution >= 4 is 26.7 Å². The van der Waals surface area contributed by atoms with Crippen molar-refractivity contribution in [2.75, 3.05) is 18.6 Å². The molecule has 0 radical (unpaired) electrons. The number of anilines is 1. The number of ether oxygens (including phenoxy) is 1. The fourth-order valence-electron chi connectivity index (χ4n) is 3.23. The predicted octanol–water partition coefficient (Wildman–Crippen LogP) is 3.17. The number of aryl methyl sites for hydroxylation is 2. The fraction of sp³-hybridized carbons (Fsp3) is 0.368. The first-order chi connectivity index (χ1) is 13.7. The van der Waals surface area contributed by atoms with Crippen LogP contribution in [0.5, 0.6) is 0 Å². The number of methoxy groups -OCH3 is 1. The zero-order valence-corrected chi connectivity index (χ0v) is 17.1. The summed E-state index contributed by atoms with van der Waals surface area (Å²) in [5.41, 5.74) is 8.07. The Kier molecular flexibility index (Phi) is 5.85. The third-order valence-electron chi connectivity index (χ3n) is 4.75. The second-order valence-corrected chi connectivity index (χ2v) is 8.85. The van der Waals surface area contributed by atoms with Crippen molar-refractivity contribution in [1.82, 2.24) is 14.5 Å². The normalized spacial score (nSPS) is 13.1. The molecule has 1 aromatic carbocycles. The van der Waals surface area contributed by atoms with E-state index in [4.69, 9.17) is 10.5 Å². The van der Waals surface area contributed by atoms with Crippen LogP contribution < -0.4 is 5.73 Å². The van der Waals surface area contributed by atoms with E-state index in [9.17, 15) is 17.2 Å². The van der Waals surface area contributed by atoms with Gasteiger partial charge in [-0.3, -0.25) is 0 Å². The van der Waals surface area contributed by atoms with Gasteiger partial charge in [-0.25, -0.2) is 27.2 Å². The average Bonchev–Trinajstić information content (AvgIpc) is 3.04. The SMILES string of the molecule is COC(C)c1nc2c(N)ncc(C)c2n1CCCS(=O)(=O)c1ccc(F)cc1F. The highest BCUT2D eigenvalue weighted by molar-refractivity contribution is 7.91. The van der Waals surface area contributed by atoms with Crippen molar-refractivity contribution in [2.24, 2.45) is 0 Å². The van der Waals surface area contributed by atoms with E-state index in [1.54, 1.807) is 13.3 Å². The number of hydrogen-bond donors (Lipinski definition) is 1. The van der Waals surface area contributed by atoms with Gasteiger partial charge in [0.25, 0.3) is 0 Å². The third kappa shape index (κ3) is 4.08. The Labute approximate surface area is 167 Å². The molecule has 29 heavy (non-hydrogen) atoms. The molecule has 2 N–H and O–H groups in total. The van der Waals surface area contributed by atoms with Gasteiger partial charge in [0.05, 0.1) is 11.3 Å². The van der Waals surface area contributed by atoms with E-state index in [-0.39, 0.29) is 24.1 Å². The van der Waals surface area contributed by atoms with Crippen molar-refractivity contribution < 1.29 is 21.9 Å². The quantitative estimate of drug-likeness (QED) is 0.585. The number of nitrogen functional groups attached to an aromatic ring is 1. The van der Waals surface area contributed by atoms with Gasteiger partial charge in [-0.05, 0) is 38.0 Å². The van der Waals surface area contributed by atoms with Crippen LogP contribution in [0.25, 0.3) is 11.0 Å². The minimum atomic E-state index is -3.91. The molecular formula is C19H22F2N4O3S. The summed E-state index contributed by atoms with van der Waals surface area (Å²) in [6, 6.07) is 2.44. The molecule has 0 aliphatic heterocycles. The molecule has 0 saturated heterocycles. The van der Waals surface area contributed by atoms with E-state index < -0.39 is 26.4 Å². The number of imidazole rings is 1. The lowest BCUT2D eigenvalue weighted by Crippen LogP contribution is -2.14. The number of nitrogens with zero attached hydrogens (tertiary/aromatic N) is 3. The molecule has 0 amide bonds. The molecule has 1 unspecified atom stereocenters. The molecule has 0 bridgehead atoms. The number of fused-ring (bicyclic) bond motifs is 1. The van der Waals surface area contributed by atoms with Gasteiger partial charge in [0, 0.05) is 25.9 Å². The van der Waals surface area contributed by atoms with E-state index in [1.165, 1.54) is 0 Å². The Morgan fingerprint density at radius 3 is 2.69 bits per heavy atom. The topological polar surface area (TPSA) is 100 Å². The van der Waals surface area contributed by atoms with Gasteiger partial charge in [-0.15, -0.1) is 0 Å².